The van der Waals surface area contributed by atoms with Crippen LogP contribution in [0.1, 0.15) is 100 Å². The number of aliphatic imine (C=N–C) groups is 1. The monoisotopic (exact) mass is 789 g/mol. The lowest BCUT2D eigenvalue weighted by Gasteiger charge is -2.62. The first-order valence-corrected chi connectivity index (χ1v) is 20.7. The Balaban J connectivity index is 1.05. The van der Waals surface area contributed by atoms with Crippen molar-refractivity contribution in [2.24, 2.45) is 10.9 Å². The first-order valence-electron chi connectivity index (χ1n) is 20.7. The molecule has 12 heteroatoms. The Labute approximate surface area is 339 Å². The fraction of sp³-hybridized carbons (Fsp3) is 0.500. The van der Waals surface area contributed by atoms with Crippen LogP contribution in [0.2, 0.25) is 0 Å². The number of H-pyrrole nitrogens is 1. The molecule has 9 rings (SSSR count). The average molecular weight is 790 g/mol. The van der Waals surface area contributed by atoms with Gasteiger partial charge in [0, 0.05) is 42.0 Å². The molecule has 5 aliphatic rings. The van der Waals surface area contributed by atoms with Crippen molar-refractivity contribution in [3.8, 4) is 11.5 Å². The van der Waals surface area contributed by atoms with Gasteiger partial charge in [0.25, 0.3) is 0 Å². The number of carbonyl (C=O) groups is 2. The number of guanidine groups is 1. The molecular formula is C46H55N5O7. The van der Waals surface area contributed by atoms with E-state index >= 15 is 0 Å². The number of benzene rings is 3. The highest BCUT2D eigenvalue weighted by atomic mass is 16.6. The minimum Gasteiger partial charge on any atom is -0.504 e. The summed E-state index contributed by atoms with van der Waals surface area (Å²) in [4.78, 5) is 39.3. The zero-order chi connectivity index (χ0) is 40.8. The number of nitrogens with zero attached hydrogens (tertiary/aromatic N) is 3. The molecule has 58 heavy (non-hydrogen) atoms. The fourth-order valence-corrected chi connectivity index (χ4v) is 10.0. The number of likely N-dealkylation sites (tertiary alicyclic amines) is 1. The van der Waals surface area contributed by atoms with E-state index in [-0.39, 0.29) is 30.8 Å². The summed E-state index contributed by atoms with van der Waals surface area (Å²) in [5.41, 5.74) is 3.64. The van der Waals surface area contributed by atoms with E-state index in [0.29, 0.717) is 24.5 Å². The van der Waals surface area contributed by atoms with Crippen LogP contribution in [0, 0.1) is 5.92 Å². The van der Waals surface area contributed by atoms with Gasteiger partial charge in [-0.2, -0.15) is 0 Å². The zero-order valence-corrected chi connectivity index (χ0v) is 34.4. The van der Waals surface area contributed by atoms with E-state index in [2.05, 4.69) is 33.4 Å². The van der Waals surface area contributed by atoms with Crippen LogP contribution >= 0.6 is 0 Å². The SMILES string of the molecule is CC(C)(C)OC(=O)NC(=NCCc1ccc2[nH]c3c(c2c1)C[C@@]1(O)[C@@H]2Cc4ccc(O)c5c4[C@@]1(CCN2CC1CC1)[C@H]3O5)N(Cc1ccccc1)C(=O)OC(C)(C)C. The van der Waals surface area contributed by atoms with Gasteiger partial charge in [-0.15, -0.1) is 0 Å². The molecule has 2 amide bonds. The van der Waals surface area contributed by atoms with Crippen LogP contribution in [0.4, 0.5) is 9.59 Å². The molecule has 2 aliphatic heterocycles. The molecule has 4 atom stereocenters. The summed E-state index contributed by atoms with van der Waals surface area (Å²) in [6.45, 7) is 12.9. The van der Waals surface area contributed by atoms with E-state index in [1.54, 1.807) is 47.6 Å². The second kappa shape index (κ2) is 13.8. The van der Waals surface area contributed by atoms with Crippen LogP contribution in [-0.4, -0.2) is 85.6 Å². The van der Waals surface area contributed by atoms with Crippen molar-refractivity contribution in [1.82, 2.24) is 20.1 Å². The van der Waals surface area contributed by atoms with Crippen LogP contribution in [-0.2, 0) is 40.7 Å². The number of phenolic OH excluding ortho intramolecular Hbond substituents is 1. The second-order valence-corrected chi connectivity index (χ2v) is 19.0. The van der Waals surface area contributed by atoms with Crippen molar-refractivity contribution in [3.05, 3.63) is 94.2 Å². The Kier molecular flexibility index (Phi) is 9.12. The third kappa shape index (κ3) is 6.67. The molecule has 2 bridgehead atoms. The van der Waals surface area contributed by atoms with Gasteiger partial charge in [-0.05, 0) is 127 Å². The Bertz CT molecular complexity index is 2300. The first kappa shape index (κ1) is 38.4. The summed E-state index contributed by atoms with van der Waals surface area (Å²) < 4.78 is 18.2. The number of aromatic amines is 1. The Morgan fingerprint density at radius 2 is 1.78 bits per heavy atom. The van der Waals surface area contributed by atoms with Crippen LogP contribution in [0.15, 0.2) is 65.7 Å². The number of hydrogen-bond donors (Lipinski definition) is 4. The van der Waals surface area contributed by atoms with E-state index in [1.807, 2.05) is 36.4 Å². The van der Waals surface area contributed by atoms with Crippen molar-refractivity contribution in [2.45, 2.75) is 121 Å². The van der Waals surface area contributed by atoms with Gasteiger partial charge in [-0.1, -0.05) is 42.5 Å². The third-order valence-corrected chi connectivity index (χ3v) is 12.6. The van der Waals surface area contributed by atoms with Gasteiger partial charge in [0.15, 0.2) is 17.6 Å². The molecule has 0 unspecified atom stereocenters. The van der Waals surface area contributed by atoms with Crippen molar-refractivity contribution < 1.29 is 34.0 Å². The van der Waals surface area contributed by atoms with E-state index in [0.717, 1.165) is 64.8 Å². The number of amides is 2. The number of ether oxygens (including phenoxy) is 3. The number of piperidine rings is 1. The highest BCUT2D eigenvalue weighted by Crippen LogP contribution is 2.69. The highest BCUT2D eigenvalue weighted by molar-refractivity contribution is 6.01. The fourth-order valence-electron chi connectivity index (χ4n) is 10.0. The Morgan fingerprint density at radius 1 is 1.02 bits per heavy atom. The van der Waals surface area contributed by atoms with Gasteiger partial charge in [-0.3, -0.25) is 15.2 Å². The molecule has 1 saturated heterocycles. The Hall–Kier alpha value is -5.07. The molecule has 0 radical (unpaired) electrons. The van der Waals surface area contributed by atoms with Gasteiger partial charge in [0.1, 0.15) is 11.2 Å². The first-order chi connectivity index (χ1) is 27.5. The second-order valence-electron chi connectivity index (χ2n) is 19.0. The highest BCUT2D eigenvalue weighted by Gasteiger charge is 2.73. The maximum absolute atomic E-state index is 13.7. The van der Waals surface area contributed by atoms with Gasteiger partial charge in [0.05, 0.1) is 23.3 Å². The quantitative estimate of drug-likeness (QED) is 0.112. The van der Waals surface area contributed by atoms with Crippen molar-refractivity contribution in [3.63, 3.8) is 0 Å². The van der Waals surface area contributed by atoms with Crippen LogP contribution in [0.5, 0.6) is 11.5 Å². The van der Waals surface area contributed by atoms with Gasteiger partial charge >= 0.3 is 12.2 Å². The molecule has 1 saturated carbocycles. The minimum absolute atomic E-state index is 0.0279. The lowest BCUT2D eigenvalue weighted by Crippen LogP contribution is -2.74. The molecule has 3 aromatic carbocycles. The van der Waals surface area contributed by atoms with Crippen molar-refractivity contribution in [1.29, 1.82) is 0 Å². The molecule has 12 nitrogen and oxygen atoms in total. The number of nitrogens with one attached hydrogen (secondary N) is 2. The number of phenols is 1. The number of rotatable bonds is 7. The third-order valence-electron chi connectivity index (χ3n) is 12.6. The largest absolute Gasteiger partial charge is 0.504 e. The lowest BCUT2D eigenvalue weighted by atomic mass is 9.49. The van der Waals surface area contributed by atoms with Gasteiger partial charge < -0.3 is 29.4 Å². The van der Waals surface area contributed by atoms with Gasteiger partial charge in [0.2, 0.25) is 5.96 Å². The topological polar surface area (TPSA) is 149 Å². The van der Waals surface area contributed by atoms with Gasteiger partial charge in [-0.25, -0.2) is 14.5 Å². The Morgan fingerprint density at radius 3 is 2.50 bits per heavy atom. The average Bonchev–Trinajstić information content (AvgIpc) is 3.79. The molecule has 3 aliphatic carbocycles. The normalized spacial score (nSPS) is 24.8. The molecule has 2 fully saturated rings. The van der Waals surface area contributed by atoms with E-state index in [1.165, 1.54) is 23.3 Å². The smallest absolute Gasteiger partial charge is 0.417 e. The summed E-state index contributed by atoms with van der Waals surface area (Å²) in [7, 11) is 0. The van der Waals surface area contributed by atoms with E-state index < -0.39 is 40.5 Å². The molecule has 1 aromatic heterocycles. The number of carbonyl (C=O) groups excluding carboxylic acids is 2. The van der Waals surface area contributed by atoms with Crippen LogP contribution in [0.25, 0.3) is 10.9 Å². The standard InChI is InChI=1S/C46H55N5O7/c1-43(2,3)57-41(53)49-40(51(42(54)58-44(4,5)6)26-28-10-8-7-9-11-28)47-20-18-27-14-16-33-31(22-27)32-24-46(55)35-23-30-15-17-34(52)38-36(30)45(46,39(56-38)37(32)48-33)19-21-50(35)25-29-12-13-29/h7-11,14-17,22,29,35,39,48,52,55H,12-13,18-21,23-26H2,1-6H3,(H,47,49,53)/t35-,39-,45-,46+/m0/s1. The van der Waals surface area contributed by atoms with Crippen molar-refractivity contribution >= 4 is 29.0 Å². The number of fused-ring (bicyclic) bond motifs is 4. The summed E-state index contributed by atoms with van der Waals surface area (Å²) >= 11 is 0. The number of aliphatic hydroxyl groups is 1. The number of aromatic hydroxyl groups is 1. The lowest BCUT2D eigenvalue weighted by molar-refractivity contribution is -0.173. The summed E-state index contributed by atoms with van der Waals surface area (Å²) in [6.07, 6.45) is 3.09. The minimum atomic E-state index is -1.09. The van der Waals surface area contributed by atoms with Crippen LogP contribution in [0.3, 0.4) is 0 Å². The molecule has 306 valence electrons. The summed E-state index contributed by atoms with van der Waals surface area (Å²) in [6, 6.07) is 19.5. The maximum atomic E-state index is 13.7. The number of aromatic nitrogens is 1. The molecular weight excluding hydrogens is 735 g/mol. The predicted molar refractivity (Wildman–Crippen MR) is 220 cm³/mol. The predicted octanol–water partition coefficient (Wildman–Crippen LogP) is 7.43. The number of alkyl carbamates (subject to hydrolysis) is 1. The summed E-state index contributed by atoms with van der Waals surface area (Å²) in [5.74, 6) is 1.36. The van der Waals surface area contributed by atoms with Crippen molar-refractivity contribution in [2.75, 3.05) is 19.6 Å². The van der Waals surface area contributed by atoms with E-state index in [4.69, 9.17) is 19.2 Å². The van der Waals surface area contributed by atoms with Crippen LogP contribution < -0.4 is 10.1 Å². The molecule has 4 aromatic rings. The zero-order valence-electron chi connectivity index (χ0n) is 34.4. The molecule has 4 N–H and O–H groups in total. The molecule has 3 heterocycles. The summed E-state index contributed by atoms with van der Waals surface area (Å²) in [5, 5.41) is 28.2. The molecule has 1 spiro atoms. The number of hydrogen-bond acceptors (Lipinski definition) is 9. The maximum Gasteiger partial charge on any atom is 0.417 e. The van der Waals surface area contributed by atoms with E-state index in [9.17, 15) is 19.8 Å².